The summed E-state index contributed by atoms with van der Waals surface area (Å²) in [6.45, 7) is 9.42. The van der Waals surface area contributed by atoms with Gasteiger partial charge in [-0.2, -0.15) is 0 Å². The molecule has 0 radical (unpaired) electrons. The van der Waals surface area contributed by atoms with Crippen LogP contribution in [0.5, 0.6) is 0 Å². The van der Waals surface area contributed by atoms with Crippen molar-refractivity contribution in [1.82, 2.24) is 4.57 Å². The normalized spacial score (nSPS) is 10.3. The quantitative estimate of drug-likeness (QED) is 0.471. The molecule has 18 heavy (non-hydrogen) atoms. The maximum absolute atomic E-state index is 5.32. The molecule has 0 saturated carbocycles. The predicted octanol–water partition coefficient (Wildman–Crippen LogP) is 1.45. The molecule has 0 aliphatic rings. The van der Waals surface area contributed by atoms with Gasteiger partial charge in [-0.05, 0) is 13.8 Å². The molecular weight excluding hydrogens is 232 g/mol. The molecule has 0 spiro atoms. The van der Waals surface area contributed by atoms with Crippen LogP contribution in [-0.4, -0.2) is 36.5 Å². The molecule has 0 aliphatic heterocycles. The largest absolute Gasteiger partial charge is 0.870 e. The molecule has 5 nitrogen and oxygen atoms in total. The van der Waals surface area contributed by atoms with Crippen molar-refractivity contribution in [3.8, 4) is 0 Å². The summed E-state index contributed by atoms with van der Waals surface area (Å²) in [6, 6.07) is 0. The first-order chi connectivity index (χ1) is 8.36. The van der Waals surface area contributed by atoms with Crippen LogP contribution in [0.25, 0.3) is 0 Å². The number of ether oxygens (including phenoxy) is 2. The SMILES string of the molecule is CCOCCCn1cc[n+](CCCOCC)c1.[OH-]. The van der Waals surface area contributed by atoms with E-state index in [0.29, 0.717) is 0 Å². The molecule has 0 aromatic carbocycles. The molecule has 1 aromatic heterocycles. The molecule has 0 aliphatic carbocycles. The first-order valence-electron chi connectivity index (χ1n) is 6.57. The van der Waals surface area contributed by atoms with E-state index in [0.717, 1.165) is 52.4 Å². The van der Waals surface area contributed by atoms with Gasteiger partial charge in [0.25, 0.3) is 0 Å². The molecule has 5 heteroatoms. The Labute approximate surface area is 110 Å². The van der Waals surface area contributed by atoms with Crippen LogP contribution in [-0.2, 0) is 22.6 Å². The highest BCUT2D eigenvalue weighted by Crippen LogP contribution is 1.91. The van der Waals surface area contributed by atoms with E-state index in [1.54, 1.807) is 0 Å². The summed E-state index contributed by atoms with van der Waals surface area (Å²) < 4.78 is 15.1. The Balaban J connectivity index is 0.00000289. The van der Waals surface area contributed by atoms with Gasteiger partial charge in [-0.25, -0.2) is 9.13 Å². The molecule has 1 N–H and O–H groups in total. The lowest BCUT2D eigenvalue weighted by atomic mass is 10.4. The van der Waals surface area contributed by atoms with Crippen LogP contribution in [0.3, 0.4) is 0 Å². The molecule has 0 atom stereocenters. The van der Waals surface area contributed by atoms with Crippen LogP contribution in [0.4, 0.5) is 0 Å². The molecule has 1 heterocycles. The number of imidazole rings is 1. The summed E-state index contributed by atoms with van der Waals surface area (Å²) >= 11 is 0. The fourth-order valence-corrected chi connectivity index (χ4v) is 1.69. The third-order valence-electron chi connectivity index (χ3n) is 2.56. The fraction of sp³-hybridized carbons (Fsp3) is 0.769. The van der Waals surface area contributed by atoms with E-state index >= 15 is 0 Å². The van der Waals surface area contributed by atoms with Crippen molar-refractivity contribution >= 4 is 0 Å². The molecule has 0 fully saturated rings. The summed E-state index contributed by atoms with van der Waals surface area (Å²) in [6.07, 6.45) is 8.53. The third-order valence-corrected chi connectivity index (χ3v) is 2.56. The van der Waals surface area contributed by atoms with Gasteiger partial charge in [0.1, 0.15) is 12.4 Å². The number of aryl methyl sites for hydroxylation is 2. The monoisotopic (exact) mass is 258 g/mol. The van der Waals surface area contributed by atoms with Gasteiger partial charge < -0.3 is 14.9 Å². The topological polar surface area (TPSA) is 57.3 Å². The number of nitrogens with zero attached hydrogens (tertiary/aromatic N) is 2. The lowest BCUT2D eigenvalue weighted by Gasteiger charge is -1.99. The molecule has 1 rings (SSSR count). The van der Waals surface area contributed by atoms with Gasteiger partial charge in [-0.1, -0.05) is 0 Å². The van der Waals surface area contributed by atoms with E-state index in [1.165, 1.54) is 0 Å². The minimum atomic E-state index is 0. The standard InChI is InChI=1S/C13H25N2O2.H2O/c1-3-16-11-5-7-14-9-10-15(13-14)8-6-12-17-4-2;/h9-10,13H,3-8,11-12H2,1-2H3;1H2/q+1;/p-1. The molecule has 0 saturated heterocycles. The maximum Gasteiger partial charge on any atom is 0.243 e. The van der Waals surface area contributed by atoms with Crippen molar-refractivity contribution in [2.75, 3.05) is 26.4 Å². The third kappa shape index (κ3) is 7.42. The van der Waals surface area contributed by atoms with E-state index in [2.05, 4.69) is 27.9 Å². The van der Waals surface area contributed by atoms with Crippen LogP contribution in [0.1, 0.15) is 26.7 Å². The highest BCUT2D eigenvalue weighted by molar-refractivity contribution is 4.65. The average molecular weight is 258 g/mol. The second-order valence-corrected chi connectivity index (χ2v) is 3.99. The van der Waals surface area contributed by atoms with Gasteiger partial charge in [-0.15, -0.1) is 0 Å². The highest BCUT2D eigenvalue weighted by Gasteiger charge is 2.02. The average Bonchev–Trinajstić information content (AvgIpc) is 2.78. The van der Waals surface area contributed by atoms with Crippen molar-refractivity contribution in [3.05, 3.63) is 18.7 Å². The van der Waals surface area contributed by atoms with Gasteiger partial charge in [-0.3, -0.25) is 0 Å². The second kappa shape index (κ2) is 11.2. The summed E-state index contributed by atoms with van der Waals surface area (Å²) in [7, 11) is 0. The summed E-state index contributed by atoms with van der Waals surface area (Å²) in [5.74, 6) is 0. The second-order valence-electron chi connectivity index (χ2n) is 3.99. The van der Waals surface area contributed by atoms with Gasteiger partial charge in [0.15, 0.2) is 0 Å². The Morgan fingerprint density at radius 2 is 1.72 bits per heavy atom. The number of hydrogen-bond acceptors (Lipinski definition) is 3. The van der Waals surface area contributed by atoms with E-state index < -0.39 is 0 Å². The first kappa shape index (κ1) is 17.1. The van der Waals surface area contributed by atoms with Crippen LogP contribution in [0.2, 0.25) is 0 Å². The molecule has 0 bridgehead atoms. The number of hydrogen-bond donors (Lipinski definition) is 0. The van der Waals surface area contributed by atoms with Crippen molar-refractivity contribution in [3.63, 3.8) is 0 Å². The number of aromatic nitrogens is 2. The predicted molar refractivity (Wildman–Crippen MR) is 68.8 cm³/mol. The van der Waals surface area contributed by atoms with E-state index in [1.807, 2.05) is 13.8 Å². The molecule has 0 amide bonds. The Kier molecular flexibility index (Phi) is 10.6. The zero-order valence-corrected chi connectivity index (χ0v) is 11.5. The van der Waals surface area contributed by atoms with E-state index in [9.17, 15) is 0 Å². The summed E-state index contributed by atoms with van der Waals surface area (Å²) in [4.78, 5) is 0. The Bertz CT molecular complexity index is 263. The zero-order valence-electron chi connectivity index (χ0n) is 11.5. The summed E-state index contributed by atoms with van der Waals surface area (Å²) in [5, 5.41) is 0. The fourth-order valence-electron chi connectivity index (χ4n) is 1.69. The van der Waals surface area contributed by atoms with Crippen molar-refractivity contribution in [2.45, 2.75) is 39.8 Å². The van der Waals surface area contributed by atoms with Crippen LogP contribution < -0.4 is 4.57 Å². The van der Waals surface area contributed by atoms with Crippen molar-refractivity contribution < 1.29 is 19.5 Å². The van der Waals surface area contributed by atoms with E-state index in [-0.39, 0.29) is 5.48 Å². The van der Waals surface area contributed by atoms with Gasteiger partial charge in [0, 0.05) is 26.1 Å². The molecule has 0 unspecified atom stereocenters. The van der Waals surface area contributed by atoms with Gasteiger partial charge in [0.05, 0.1) is 26.3 Å². The zero-order chi connectivity index (χ0) is 12.3. The Hall–Kier alpha value is -0.910. The first-order valence-corrected chi connectivity index (χ1v) is 6.57. The van der Waals surface area contributed by atoms with Gasteiger partial charge >= 0.3 is 0 Å². The lowest BCUT2D eigenvalue weighted by molar-refractivity contribution is -0.697. The maximum atomic E-state index is 5.32. The minimum absolute atomic E-state index is 0. The van der Waals surface area contributed by atoms with Crippen molar-refractivity contribution in [2.24, 2.45) is 0 Å². The smallest absolute Gasteiger partial charge is 0.243 e. The van der Waals surface area contributed by atoms with Crippen LogP contribution >= 0.6 is 0 Å². The Morgan fingerprint density at radius 1 is 1.06 bits per heavy atom. The minimum Gasteiger partial charge on any atom is -0.870 e. The highest BCUT2D eigenvalue weighted by atomic mass is 16.5. The van der Waals surface area contributed by atoms with Crippen LogP contribution in [0, 0.1) is 0 Å². The summed E-state index contributed by atoms with van der Waals surface area (Å²) in [5.41, 5.74) is 0. The molecule has 106 valence electrons. The molecular formula is C13H26N2O3. The van der Waals surface area contributed by atoms with E-state index in [4.69, 9.17) is 9.47 Å². The molecule has 1 aromatic rings. The van der Waals surface area contributed by atoms with Crippen LogP contribution in [0.15, 0.2) is 18.7 Å². The van der Waals surface area contributed by atoms with Gasteiger partial charge in [0.2, 0.25) is 6.33 Å². The van der Waals surface area contributed by atoms with Crippen molar-refractivity contribution in [1.29, 1.82) is 0 Å². The lowest BCUT2D eigenvalue weighted by Crippen LogP contribution is -2.31. The number of rotatable bonds is 10. The Morgan fingerprint density at radius 3 is 2.39 bits per heavy atom.